The molecule has 130 valence electrons. The number of benzene rings is 1. The third-order valence-corrected chi connectivity index (χ3v) is 3.88. The molecule has 0 aliphatic rings. The maximum absolute atomic E-state index is 12.7. The van der Waals surface area contributed by atoms with Crippen molar-refractivity contribution in [3.8, 4) is 11.4 Å². The highest BCUT2D eigenvalue weighted by Crippen LogP contribution is 2.18. The van der Waals surface area contributed by atoms with Gasteiger partial charge >= 0.3 is 5.97 Å². The second-order valence-corrected chi connectivity index (χ2v) is 5.28. The topological polar surface area (TPSA) is 101 Å². The summed E-state index contributed by atoms with van der Waals surface area (Å²) >= 11 is 0. The van der Waals surface area contributed by atoms with E-state index in [4.69, 9.17) is 9.47 Å². The summed E-state index contributed by atoms with van der Waals surface area (Å²) in [6.45, 7) is 1.78. The van der Waals surface area contributed by atoms with Crippen LogP contribution in [0.3, 0.4) is 0 Å². The Morgan fingerprint density at radius 3 is 2.80 bits per heavy atom. The van der Waals surface area contributed by atoms with E-state index in [-0.39, 0.29) is 5.52 Å². The maximum atomic E-state index is 12.7. The van der Waals surface area contributed by atoms with Crippen molar-refractivity contribution in [3.63, 3.8) is 0 Å². The lowest BCUT2D eigenvalue weighted by molar-refractivity contribution is -0.144. The molecule has 9 heteroatoms. The molecule has 1 atom stereocenters. The van der Waals surface area contributed by atoms with Gasteiger partial charge in [-0.2, -0.15) is 4.68 Å². The van der Waals surface area contributed by atoms with E-state index in [0.29, 0.717) is 23.5 Å². The van der Waals surface area contributed by atoms with Crippen molar-refractivity contribution in [1.29, 1.82) is 0 Å². The van der Waals surface area contributed by atoms with Gasteiger partial charge in [-0.25, -0.2) is 9.78 Å². The Morgan fingerprint density at radius 1 is 1.32 bits per heavy atom. The van der Waals surface area contributed by atoms with Gasteiger partial charge in [0.2, 0.25) is 0 Å². The van der Waals surface area contributed by atoms with Crippen LogP contribution in [0.5, 0.6) is 5.75 Å². The Labute approximate surface area is 142 Å². The van der Waals surface area contributed by atoms with Crippen LogP contribution in [0.4, 0.5) is 0 Å². The van der Waals surface area contributed by atoms with Crippen LogP contribution >= 0.6 is 0 Å². The van der Waals surface area contributed by atoms with Crippen molar-refractivity contribution >= 4 is 17.1 Å². The van der Waals surface area contributed by atoms with Crippen LogP contribution in [0.15, 0.2) is 35.4 Å². The fourth-order valence-electron chi connectivity index (χ4n) is 2.57. The number of fused-ring (bicyclic) bond motifs is 1. The summed E-state index contributed by atoms with van der Waals surface area (Å²) in [6.07, 6.45) is 1.71. The molecule has 0 amide bonds. The van der Waals surface area contributed by atoms with E-state index in [2.05, 4.69) is 15.3 Å². The number of carbonyl (C=O) groups excluding carboxylic acids is 1. The molecule has 2 heterocycles. The average molecular weight is 343 g/mol. The number of methoxy groups -OCH3 is 2. The minimum atomic E-state index is -0.753. The molecule has 0 saturated heterocycles. The van der Waals surface area contributed by atoms with E-state index in [0.717, 1.165) is 0 Å². The summed E-state index contributed by atoms with van der Waals surface area (Å²) in [5, 5.41) is 7.95. The second kappa shape index (κ2) is 6.71. The lowest BCUT2D eigenvalue weighted by atomic mass is 10.2. The molecule has 0 unspecified atom stereocenters. The van der Waals surface area contributed by atoms with Crippen LogP contribution in [0.2, 0.25) is 0 Å². The van der Waals surface area contributed by atoms with Crippen molar-refractivity contribution in [2.45, 2.75) is 19.4 Å². The Bertz CT molecular complexity index is 978. The standard InChI is InChI=1S/C16H17N5O4/c1-4-12(16(23)25-3)20-9-17-14-13(15(20)22)18-19-21(14)10-6-5-7-11(8-10)24-2/h5-9,12H,4H2,1-3H3/t12-/m0/s1. The number of rotatable bonds is 5. The van der Waals surface area contributed by atoms with Crippen molar-refractivity contribution < 1.29 is 14.3 Å². The zero-order valence-corrected chi connectivity index (χ0v) is 14.0. The van der Waals surface area contributed by atoms with Crippen LogP contribution in [0.1, 0.15) is 19.4 Å². The number of hydrogen-bond acceptors (Lipinski definition) is 7. The first kappa shape index (κ1) is 16.6. The molecule has 25 heavy (non-hydrogen) atoms. The number of ether oxygens (including phenoxy) is 2. The molecule has 0 saturated carbocycles. The minimum Gasteiger partial charge on any atom is -0.497 e. The van der Waals surface area contributed by atoms with Gasteiger partial charge in [0.15, 0.2) is 11.2 Å². The van der Waals surface area contributed by atoms with Gasteiger partial charge in [-0.05, 0) is 18.6 Å². The second-order valence-electron chi connectivity index (χ2n) is 5.28. The number of carbonyl (C=O) groups is 1. The number of nitrogens with zero attached hydrogens (tertiary/aromatic N) is 5. The fraction of sp³-hybridized carbons (Fsp3) is 0.312. The predicted molar refractivity (Wildman–Crippen MR) is 88.8 cm³/mol. The summed E-state index contributed by atoms with van der Waals surface area (Å²) in [5.74, 6) is 0.136. The molecule has 0 fully saturated rings. The van der Waals surface area contributed by atoms with E-state index >= 15 is 0 Å². The molecule has 0 radical (unpaired) electrons. The zero-order chi connectivity index (χ0) is 18.0. The SMILES string of the molecule is CC[C@@H](C(=O)OC)n1cnc2c(nnn2-c2cccc(OC)c2)c1=O. The van der Waals surface area contributed by atoms with Gasteiger partial charge < -0.3 is 9.47 Å². The lowest BCUT2D eigenvalue weighted by Gasteiger charge is -2.14. The lowest BCUT2D eigenvalue weighted by Crippen LogP contribution is -2.30. The van der Waals surface area contributed by atoms with E-state index < -0.39 is 17.6 Å². The van der Waals surface area contributed by atoms with Crippen molar-refractivity contribution in [2.75, 3.05) is 14.2 Å². The summed E-state index contributed by atoms with van der Waals surface area (Å²) in [4.78, 5) is 28.8. The van der Waals surface area contributed by atoms with E-state index in [1.54, 1.807) is 38.3 Å². The Kier molecular flexibility index (Phi) is 4.46. The molecule has 9 nitrogen and oxygen atoms in total. The quantitative estimate of drug-likeness (QED) is 0.640. The monoisotopic (exact) mass is 343 g/mol. The molecule has 1 aromatic carbocycles. The summed E-state index contributed by atoms with van der Waals surface area (Å²) in [6, 6.07) is 6.40. The molecule has 0 aliphatic heterocycles. The highest BCUT2D eigenvalue weighted by atomic mass is 16.5. The van der Waals surface area contributed by atoms with E-state index in [1.807, 2.05) is 0 Å². The zero-order valence-electron chi connectivity index (χ0n) is 14.0. The molecule has 0 spiro atoms. The highest BCUT2D eigenvalue weighted by molar-refractivity contribution is 5.75. The number of hydrogen-bond donors (Lipinski definition) is 0. The smallest absolute Gasteiger partial charge is 0.329 e. The summed E-state index contributed by atoms with van der Waals surface area (Å²) in [5.41, 5.74) is 0.588. The fourth-order valence-corrected chi connectivity index (χ4v) is 2.57. The van der Waals surface area contributed by atoms with Crippen LogP contribution in [0, 0.1) is 0 Å². The van der Waals surface area contributed by atoms with Crippen LogP contribution in [0.25, 0.3) is 16.9 Å². The normalized spacial score (nSPS) is 12.1. The van der Waals surface area contributed by atoms with Crippen LogP contribution in [-0.4, -0.2) is 44.7 Å². The minimum absolute atomic E-state index is 0.0765. The van der Waals surface area contributed by atoms with Crippen molar-refractivity contribution in [1.82, 2.24) is 24.5 Å². The molecule has 0 aliphatic carbocycles. The molecular weight excluding hydrogens is 326 g/mol. The van der Waals surface area contributed by atoms with Crippen molar-refractivity contribution in [2.24, 2.45) is 0 Å². The largest absolute Gasteiger partial charge is 0.497 e. The van der Waals surface area contributed by atoms with Crippen LogP contribution < -0.4 is 10.3 Å². The van der Waals surface area contributed by atoms with Gasteiger partial charge in [-0.3, -0.25) is 9.36 Å². The Balaban J connectivity index is 2.13. The average Bonchev–Trinajstić information content (AvgIpc) is 3.08. The number of aromatic nitrogens is 5. The van der Waals surface area contributed by atoms with Gasteiger partial charge in [0.05, 0.1) is 19.9 Å². The number of esters is 1. The molecule has 3 aromatic rings. The highest BCUT2D eigenvalue weighted by Gasteiger charge is 2.23. The predicted octanol–water partition coefficient (Wildman–Crippen LogP) is 1.11. The molecule has 0 bridgehead atoms. The summed E-state index contributed by atoms with van der Waals surface area (Å²) < 4.78 is 12.6. The van der Waals surface area contributed by atoms with Crippen LogP contribution in [-0.2, 0) is 9.53 Å². The van der Waals surface area contributed by atoms with Crippen molar-refractivity contribution in [3.05, 3.63) is 40.9 Å². The first-order valence-corrected chi connectivity index (χ1v) is 7.65. The molecule has 0 N–H and O–H groups in total. The molecular formula is C16H17N5O4. The van der Waals surface area contributed by atoms with E-state index in [9.17, 15) is 9.59 Å². The van der Waals surface area contributed by atoms with Gasteiger partial charge in [0.1, 0.15) is 18.1 Å². The first-order valence-electron chi connectivity index (χ1n) is 7.65. The van der Waals surface area contributed by atoms with E-state index in [1.165, 1.54) is 22.7 Å². The first-order chi connectivity index (χ1) is 12.1. The third-order valence-electron chi connectivity index (χ3n) is 3.88. The Morgan fingerprint density at radius 2 is 2.12 bits per heavy atom. The third kappa shape index (κ3) is 2.84. The maximum Gasteiger partial charge on any atom is 0.329 e. The van der Waals surface area contributed by atoms with Gasteiger partial charge in [-0.1, -0.05) is 18.2 Å². The van der Waals surface area contributed by atoms with Gasteiger partial charge in [0, 0.05) is 6.07 Å². The Hall–Kier alpha value is -3.23. The molecule has 3 rings (SSSR count). The van der Waals surface area contributed by atoms with Gasteiger partial charge in [-0.15, -0.1) is 5.10 Å². The summed E-state index contributed by atoms with van der Waals surface area (Å²) in [7, 11) is 2.84. The molecule has 2 aromatic heterocycles. The van der Waals surface area contributed by atoms with Gasteiger partial charge in [0.25, 0.3) is 5.56 Å².